The van der Waals surface area contributed by atoms with Gasteiger partial charge in [-0.15, -0.1) is 0 Å². The number of aromatic nitrogens is 2. The maximum atomic E-state index is 12.8. The summed E-state index contributed by atoms with van der Waals surface area (Å²) >= 11 is 0. The molecule has 6 heteroatoms. The molecule has 1 aliphatic heterocycles. The number of rotatable bonds is 6. The van der Waals surface area contributed by atoms with E-state index in [1.165, 1.54) is 0 Å². The Balaban J connectivity index is 1.47. The molecule has 26 heavy (non-hydrogen) atoms. The molecular formula is C20H25N3O3. The average Bonchev–Trinajstić information content (AvgIpc) is 3.21. The molecule has 0 spiro atoms. The van der Waals surface area contributed by atoms with Gasteiger partial charge in [-0.25, -0.2) is 0 Å². The second kappa shape index (κ2) is 7.19. The highest BCUT2D eigenvalue weighted by Gasteiger charge is 2.40. The standard InChI is InChI=1S/C20H25N3O3/c1-13-5-3-4-6-15(13)9-18(24)23-10-16(12-25-2)17(11-23)20-21-19(22-26-20)14-7-8-14/h3-6,14,16-17H,7-12H2,1-2H3. The minimum Gasteiger partial charge on any atom is -0.384 e. The summed E-state index contributed by atoms with van der Waals surface area (Å²) in [6.07, 6.45) is 2.72. The molecule has 1 saturated carbocycles. The third-order valence-corrected chi connectivity index (χ3v) is 5.49. The SMILES string of the molecule is COCC1CN(C(=O)Cc2ccccc2C)CC1c1nc(C2CC2)no1. The van der Waals surface area contributed by atoms with Crippen LogP contribution in [0.4, 0.5) is 0 Å². The molecular weight excluding hydrogens is 330 g/mol. The molecule has 1 amide bonds. The van der Waals surface area contributed by atoms with E-state index in [0.29, 0.717) is 37.9 Å². The Hall–Kier alpha value is -2.21. The Morgan fingerprint density at radius 2 is 2.12 bits per heavy atom. The minimum atomic E-state index is 0.0516. The lowest BCUT2D eigenvalue weighted by molar-refractivity contribution is -0.129. The van der Waals surface area contributed by atoms with Crippen LogP contribution in [0.2, 0.25) is 0 Å². The molecule has 6 nitrogen and oxygen atoms in total. The second-order valence-electron chi connectivity index (χ2n) is 7.49. The van der Waals surface area contributed by atoms with Gasteiger partial charge in [0.05, 0.1) is 18.9 Å². The highest BCUT2D eigenvalue weighted by atomic mass is 16.5. The van der Waals surface area contributed by atoms with Crippen molar-refractivity contribution < 1.29 is 14.1 Å². The lowest BCUT2D eigenvalue weighted by Crippen LogP contribution is -2.30. The van der Waals surface area contributed by atoms with Crippen LogP contribution in [0, 0.1) is 12.8 Å². The highest BCUT2D eigenvalue weighted by molar-refractivity contribution is 5.79. The molecule has 0 bridgehead atoms. The van der Waals surface area contributed by atoms with E-state index in [1.807, 2.05) is 36.1 Å². The van der Waals surface area contributed by atoms with Crippen molar-refractivity contribution >= 4 is 5.91 Å². The summed E-state index contributed by atoms with van der Waals surface area (Å²) < 4.78 is 10.9. The van der Waals surface area contributed by atoms with Crippen LogP contribution in [-0.4, -0.2) is 47.8 Å². The van der Waals surface area contributed by atoms with Gasteiger partial charge in [0.15, 0.2) is 5.82 Å². The molecule has 138 valence electrons. The molecule has 1 aromatic carbocycles. The number of benzene rings is 1. The minimum absolute atomic E-state index is 0.0516. The average molecular weight is 355 g/mol. The zero-order chi connectivity index (χ0) is 18.1. The van der Waals surface area contributed by atoms with Gasteiger partial charge in [0.25, 0.3) is 0 Å². The van der Waals surface area contributed by atoms with Gasteiger partial charge < -0.3 is 14.2 Å². The van der Waals surface area contributed by atoms with E-state index < -0.39 is 0 Å². The zero-order valence-corrected chi connectivity index (χ0v) is 15.4. The van der Waals surface area contributed by atoms with Crippen molar-refractivity contribution in [2.45, 2.75) is 38.0 Å². The monoisotopic (exact) mass is 355 g/mol. The smallest absolute Gasteiger partial charge is 0.231 e. The maximum absolute atomic E-state index is 12.8. The first-order valence-corrected chi connectivity index (χ1v) is 9.30. The van der Waals surface area contributed by atoms with Gasteiger partial charge in [-0.2, -0.15) is 4.98 Å². The normalized spacial score (nSPS) is 22.8. The van der Waals surface area contributed by atoms with Crippen molar-refractivity contribution in [2.75, 3.05) is 26.8 Å². The first kappa shape index (κ1) is 17.2. The van der Waals surface area contributed by atoms with Crippen molar-refractivity contribution in [3.63, 3.8) is 0 Å². The quantitative estimate of drug-likeness (QED) is 0.797. The Morgan fingerprint density at radius 1 is 1.31 bits per heavy atom. The number of hydrogen-bond donors (Lipinski definition) is 0. The molecule has 4 rings (SSSR count). The van der Waals surface area contributed by atoms with Crippen LogP contribution in [0.25, 0.3) is 0 Å². The number of aryl methyl sites for hydroxylation is 1. The summed E-state index contributed by atoms with van der Waals surface area (Å²) in [5.74, 6) is 2.32. The van der Waals surface area contributed by atoms with E-state index >= 15 is 0 Å². The van der Waals surface area contributed by atoms with E-state index in [-0.39, 0.29) is 17.7 Å². The number of carbonyl (C=O) groups excluding carboxylic acids is 1. The van der Waals surface area contributed by atoms with E-state index in [2.05, 4.69) is 10.1 Å². The van der Waals surface area contributed by atoms with Gasteiger partial charge >= 0.3 is 0 Å². The largest absolute Gasteiger partial charge is 0.384 e. The Bertz CT molecular complexity index is 784. The summed E-state index contributed by atoms with van der Waals surface area (Å²) in [4.78, 5) is 19.4. The summed E-state index contributed by atoms with van der Waals surface area (Å²) in [6.45, 7) is 3.91. The van der Waals surface area contributed by atoms with E-state index in [1.54, 1.807) is 7.11 Å². The molecule has 1 saturated heterocycles. The highest BCUT2D eigenvalue weighted by Crippen LogP contribution is 2.40. The molecule has 2 atom stereocenters. The number of carbonyl (C=O) groups is 1. The fourth-order valence-corrected chi connectivity index (χ4v) is 3.73. The van der Waals surface area contributed by atoms with Crippen molar-refractivity contribution in [1.29, 1.82) is 0 Å². The predicted octanol–water partition coefficient (Wildman–Crippen LogP) is 2.69. The number of amides is 1. The number of ether oxygens (including phenoxy) is 1. The van der Waals surface area contributed by atoms with Gasteiger partial charge in [-0.05, 0) is 30.9 Å². The Morgan fingerprint density at radius 3 is 2.85 bits per heavy atom. The van der Waals surface area contributed by atoms with Crippen LogP contribution in [0.5, 0.6) is 0 Å². The number of likely N-dealkylation sites (tertiary alicyclic amines) is 1. The van der Waals surface area contributed by atoms with Crippen LogP contribution < -0.4 is 0 Å². The fourth-order valence-electron chi connectivity index (χ4n) is 3.73. The molecule has 2 fully saturated rings. The van der Waals surface area contributed by atoms with Crippen molar-refractivity contribution in [2.24, 2.45) is 5.92 Å². The molecule has 2 unspecified atom stereocenters. The van der Waals surface area contributed by atoms with Crippen molar-refractivity contribution in [1.82, 2.24) is 15.0 Å². The summed E-state index contributed by atoms with van der Waals surface area (Å²) in [5, 5.41) is 4.14. The molecule has 2 aliphatic rings. The first-order valence-electron chi connectivity index (χ1n) is 9.30. The van der Waals surface area contributed by atoms with E-state index in [4.69, 9.17) is 9.26 Å². The number of nitrogens with zero attached hydrogens (tertiary/aromatic N) is 3. The zero-order valence-electron chi connectivity index (χ0n) is 15.4. The fraction of sp³-hybridized carbons (Fsp3) is 0.550. The van der Waals surface area contributed by atoms with Gasteiger partial charge in [0.1, 0.15) is 0 Å². The van der Waals surface area contributed by atoms with Crippen LogP contribution in [0.3, 0.4) is 0 Å². The third-order valence-electron chi connectivity index (χ3n) is 5.49. The molecule has 0 N–H and O–H groups in total. The lowest BCUT2D eigenvalue weighted by Gasteiger charge is -2.17. The Labute approximate surface area is 153 Å². The summed E-state index contributed by atoms with van der Waals surface area (Å²) in [6, 6.07) is 8.04. The molecule has 1 aliphatic carbocycles. The van der Waals surface area contributed by atoms with Crippen LogP contribution in [0.1, 0.15) is 47.5 Å². The first-order chi connectivity index (χ1) is 12.7. The summed E-state index contributed by atoms with van der Waals surface area (Å²) in [5.41, 5.74) is 2.23. The van der Waals surface area contributed by atoms with Gasteiger partial charge in [-0.3, -0.25) is 4.79 Å². The molecule has 2 aromatic rings. The number of hydrogen-bond acceptors (Lipinski definition) is 5. The van der Waals surface area contributed by atoms with Crippen LogP contribution >= 0.6 is 0 Å². The second-order valence-corrected chi connectivity index (χ2v) is 7.49. The number of methoxy groups -OCH3 is 1. The molecule has 0 radical (unpaired) electrons. The van der Waals surface area contributed by atoms with Crippen LogP contribution in [0.15, 0.2) is 28.8 Å². The van der Waals surface area contributed by atoms with Crippen LogP contribution in [-0.2, 0) is 16.0 Å². The van der Waals surface area contributed by atoms with Gasteiger partial charge in [0.2, 0.25) is 11.8 Å². The lowest BCUT2D eigenvalue weighted by atomic mass is 9.97. The van der Waals surface area contributed by atoms with Gasteiger partial charge in [-0.1, -0.05) is 29.4 Å². The topological polar surface area (TPSA) is 68.5 Å². The van der Waals surface area contributed by atoms with Crippen molar-refractivity contribution in [3.8, 4) is 0 Å². The van der Waals surface area contributed by atoms with E-state index in [0.717, 1.165) is 29.8 Å². The predicted molar refractivity (Wildman–Crippen MR) is 95.8 cm³/mol. The molecule has 1 aromatic heterocycles. The van der Waals surface area contributed by atoms with E-state index in [9.17, 15) is 4.79 Å². The maximum Gasteiger partial charge on any atom is 0.231 e. The Kier molecular flexibility index (Phi) is 4.76. The molecule has 2 heterocycles. The van der Waals surface area contributed by atoms with Crippen molar-refractivity contribution in [3.05, 3.63) is 47.1 Å². The third kappa shape index (κ3) is 3.51. The summed E-state index contributed by atoms with van der Waals surface area (Å²) in [7, 11) is 1.69. The van der Waals surface area contributed by atoms with Gasteiger partial charge in [0, 0.05) is 32.0 Å².